The molecule has 1 aromatic heterocycles. The summed E-state index contributed by atoms with van der Waals surface area (Å²) in [7, 11) is 0. The number of carbonyl (C=O) groups excluding carboxylic acids is 1. The van der Waals surface area contributed by atoms with Crippen LogP contribution in [0.3, 0.4) is 0 Å². The Balaban J connectivity index is 2.35. The van der Waals surface area contributed by atoms with Gasteiger partial charge in [0.05, 0.1) is 5.75 Å². The van der Waals surface area contributed by atoms with E-state index in [2.05, 4.69) is 29.0 Å². The number of hydrogen-bond acceptors (Lipinski definition) is 4. The number of aromatic nitrogens is 3. The summed E-state index contributed by atoms with van der Waals surface area (Å²) in [5, 5.41) is 11.7. The second-order valence-corrected chi connectivity index (χ2v) is 5.22. The first-order chi connectivity index (χ1) is 9.19. The highest BCUT2D eigenvalue weighted by Crippen LogP contribution is 2.16. The van der Waals surface area contributed by atoms with Gasteiger partial charge in [0.1, 0.15) is 5.82 Å². The fourth-order valence-electron chi connectivity index (χ4n) is 1.59. The molecule has 1 aromatic rings. The van der Waals surface area contributed by atoms with Crippen LogP contribution in [0.5, 0.6) is 0 Å². The van der Waals surface area contributed by atoms with Crippen molar-refractivity contribution < 1.29 is 4.79 Å². The van der Waals surface area contributed by atoms with Gasteiger partial charge < -0.3 is 9.88 Å². The van der Waals surface area contributed by atoms with Gasteiger partial charge in [-0.2, -0.15) is 0 Å². The van der Waals surface area contributed by atoms with Gasteiger partial charge in [0.15, 0.2) is 5.16 Å². The average molecular weight is 282 g/mol. The van der Waals surface area contributed by atoms with Crippen LogP contribution in [0.15, 0.2) is 17.8 Å². The number of hydrogen-bond donors (Lipinski definition) is 1. The minimum absolute atomic E-state index is 0.0481. The number of nitrogens with one attached hydrogen (secondary N) is 1. The molecule has 0 aromatic carbocycles. The molecule has 0 aliphatic heterocycles. The Kier molecular flexibility index (Phi) is 7.25. The molecular weight excluding hydrogens is 260 g/mol. The maximum atomic E-state index is 11.6. The number of aryl methyl sites for hydroxylation is 1. The molecule has 1 rings (SSSR count). The summed E-state index contributed by atoms with van der Waals surface area (Å²) in [5.41, 5.74) is 0. The van der Waals surface area contributed by atoms with Crippen LogP contribution in [-0.2, 0) is 11.3 Å². The van der Waals surface area contributed by atoms with E-state index >= 15 is 0 Å². The summed E-state index contributed by atoms with van der Waals surface area (Å²) in [6, 6.07) is 0. The summed E-state index contributed by atoms with van der Waals surface area (Å²) >= 11 is 1.41. The third kappa shape index (κ3) is 5.46. The number of unbranched alkanes of at least 4 members (excludes halogenated alkanes) is 2. The van der Waals surface area contributed by atoms with Crippen molar-refractivity contribution in [2.75, 3.05) is 12.3 Å². The van der Waals surface area contributed by atoms with Crippen LogP contribution in [0.25, 0.3) is 0 Å². The number of nitrogens with zero attached hydrogens (tertiary/aromatic N) is 3. The molecule has 0 aliphatic carbocycles. The lowest BCUT2D eigenvalue weighted by Gasteiger charge is -2.06. The van der Waals surface area contributed by atoms with E-state index in [4.69, 9.17) is 0 Å². The Morgan fingerprint density at radius 2 is 2.26 bits per heavy atom. The highest BCUT2D eigenvalue weighted by Gasteiger charge is 2.10. The highest BCUT2D eigenvalue weighted by atomic mass is 32.2. The normalized spacial score (nSPS) is 10.4. The van der Waals surface area contributed by atoms with E-state index in [1.165, 1.54) is 11.8 Å². The van der Waals surface area contributed by atoms with E-state index in [1.54, 1.807) is 6.08 Å². The molecule has 0 unspecified atom stereocenters. The maximum Gasteiger partial charge on any atom is 0.230 e. The van der Waals surface area contributed by atoms with E-state index < -0.39 is 0 Å². The van der Waals surface area contributed by atoms with Crippen molar-refractivity contribution in [2.24, 2.45) is 0 Å². The summed E-state index contributed by atoms with van der Waals surface area (Å²) in [5.74, 6) is 1.26. The SMILES string of the molecule is C=CCn1c(C)nnc1SCC(=O)NCCCCC. The Morgan fingerprint density at radius 1 is 1.47 bits per heavy atom. The molecule has 19 heavy (non-hydrogen) atoms. The minimum Gasteiger partial charge on any atom is -0.355 e. The number of thioether (sulfide) groups is 1. The van der Waals surface area contributed by atoms with Crippen LogP contribution in [0, 0.1) is 6.92 Å². The van der Waals surface area contributed by atoms with Crippen molar-refractivity contribution in [1.29, 1.82) is 0 Å². The summed E-state index contributed by atoms with van der Waals surface area (Å²) in [6.45, 7) is 9.17. The van der Waals surface area contributed by atoms with Crippen molar-refractivity contribution >= 4 is 17.7 Å². The van der Waals surface area contributed by atoms with E-state index in [-0.39, 0.29) is 5.91 Å². The number of amides is 1. The Hall–Kier alpha value is -1.30. The van der Waals surface area contributed by atoms with E-state index in [0.29, 0.717) is 12.3 Å². The highest BCUT2D eigenvalue weighted by molar-refractivity contribution is 7.99. The minimum atomic E-state index is 0.0481. The third-order valence-corrected chi connectivity index (χ3v) is 3.62. The van der Waals surface area contributed by atoms with Crippen LogP contribution < -0.4 is 5.32 Å². The molecule has 0 spiro atoms. The predicted octanol–water partition coefficient (Wildman–Crippen LogP) is 2.17. The molecule has 5 nitrogen and oxygen atoms in total. The lowest BCUT2D eigenvalue weighted by atomic mass is 10.2. The Bertz CT molecular complexity index is 417. The quantitative estimate of drug-likeness (QED) is 0.428. The summed E-state index contributed by atoms with van der Waals surface area (Å²) < 4.78 is 1.95. The van der Waals surface area contributed by atoms with Crippen molar-refractivity contribution in [3.63, 3.8) is 0 Å². The van der Waals surface area contributed by atoms with Crippen molar-refractivity contribution in [3.8, 4) is 0 Å². The Labute approximate surface area is 118 Å². The molecule has 0 atom stereocenters. The van der Waals surface area contributed by atoms with Gasteiger partial charge in [0.25, 0.3) is 0 Å². The standard InChI is InChI=1S/C13H22N4OS/c1-4-6-7-8-14-12(18)10-19-13-16-15-11(3)17(13)9-5-2/h5H,2,4,6-10H2,1,3H3,(H,14,18). The van der Waals surface area contributed by atoms with Gasteiger partial charge in [-0.25, -0.2) is 0 Å². The van der Waals surface area contributed by atoms with Crippen LogP contribution >= 0.6 is 11.8 Å². The second-order valence-electron chi connectivity index (χ2n) is 4.27. The second kappa shape index (κ2) is 8.74. The maximum absolute atomic E-state index is 11.6. The number of allylic oxidation sites excluding steroid dienone is 1. The van der Waals surface area contributed by atoms with Gasteiger partial charge in [0, 0.05) is 13.1 Å². The van der Waals surface area contributed by atoms with Crippen molar-refractivity contribution in [1.82, 2.24) is 20.1 Å². The van der Waals surface area contributed by atoms with Gasteiger partial charge in [-0.05, 0) is 13.3 Å². The molecule has 1 N–H and O–H groups in total. The first-order valence-corrected chi connectivity index (χ1v) is 7.57. The molecule has 0 aliphatic rings. The Morgan fingerprint density at radius 3 is 2.95 bits per heavy atom. The largest absolute Gasteiger partial charge is 0.355 e. The first kappa shape index (κ1) is 15.8. The topological polar surface area (TPSA) is 59.8 Å². The molecule has 0 radical (unpaired) electrons. The number of carbonyl (C=O) groups is 1. The van der Waals surface area contributed by atoms with Gasteiger partial charge >= 0.3 is 0 Å². The first-order valence-electron chi connectivity index (χ1n) is 6.59. The van der Waals surface area contributed by atoms with Gasteiger partial charge in [-0.1, -0.05) is 37.6 Å². The molecule has 0 fully saturated rings. The zero-order valence-corrected chi connectivity index (χ0v) is 12.5. The molecule has 6 heteroatoms. The van der Waals surface area contributed by atoms with Gasteiger partial charge in [-0.3, -0.25) is 4.79 Å². The van der Waals surface area contributed by atoms with E-state index in [1.807, 2.05) is 11.5 Å². The fourth-order valence-corrected chi connectivity index (χ4v) is 2.41. The lowest BCUT2D eigenvalue weighted by molar-refractivity contribution is -0.118. The molecular formula is C13H22N4OS. The monoisotopic (exact) mass is 282 g/mol. The predicted molar refractivity (Wildman–Crippen MR) is 78.2 cm³/mol. The lowest BCUT2D eigenvalue weighted by Crippen LogP contribution is -2.26. The van der Waals surface area contributed by atoms with E-state index in [9.17, 15) is 4.79 Å². The summed E-state index contributed by atoms with van der Waals surface area (Å²) in [4.78, 5) is 11.6. The van der Waals surface area contributed by atoms with Crippen LogP contribution in [0.4, 0.5) is 0 Å². The smallest absolute Gasteiger partial charge is 0.230 e. The fraction of sp³-hybridized carbons (Fsp3) is 0.615. The zero-order chi connectivity index (χ0) is 14.1. The molecule has 0 saturated heterocycles. The number of rotatable bonds is 9. The van der Waals surface area contributed by atoms with Crippen LogP contribution in [0.1, 0.15) is 32.0 Å². The molecule has 0 saturated carbocycles. The van der Waals surface area contributed by atoms with Crippen LogP contribution in [0.2, 0.25) is 0 Å². The summed E-state index contributed by atoms with van der Waals surface area (Å²) in [6.07, 6.45) is 5.15. The van der Waals surface area contributed by atoms with Crippen LogP contribution in [-0.4, -0.2) is 33.0 Å². The van der Waals surface area contributed by atoms with Crippen molar-refractivity contribution in [3.05, 3.63) is 18.5 Å². The zero-order valence-electron chi connectivity index (χ0n) is 11.7. The van der Waals surface area contributed by atoms with Gasteiger partial charge in [0.2, 0.25) is 5.91 Å². The third-order valence-electron chi connectivity index (χ3n) is 2.65. The van der Waals surface area contributed by atoms with Gasteiger partial charge in [-0.15, -0.1) is 16.8 Å². The molecule has 0 bridgehead atoms. The molecule has 106 valence electrons. The van der Waals surface area contributed by atoms with Crippen molar-refractivity contribution in [2.45, 2.75) is 44.8 Å². The molecule has 1 heterocycles. The average Bonchev–Trinajstić information content (AvgIpc) is 2.74. The molecule has 1 amide bonds. The van der Waals surface area contributed by atoms with E-state index in [0.717, 1.165) is 36.8 Å².